The first kappa shape index (κ1) is 10.4. The van der Waals surface area contributed by atoms with Crippen LogP contribution < -0.4 is 11.1 Å². The molecule has 2 aliphatic rings. The lowest BCUT2D eigenvalue weighted by Crippen LogP contribution is -2.37. The summed E-state index contributed by atoms with van der Waals surface area (Å²) in [5, 5.41) is 3.75. The van der Waals surface area contributed by atoms with Gasteiger partial charge in [-0.3, -0.25) is 0 Å². The second-order valence-corrected chi connectivity index (χ2v) is 6.02. The lowest BCUT2D eigenvalue weighted by molar-refractivity contribution is 0.378. The molecule has 2 aliphatic carbocycles. The van der Waals surface area contributed by atoms with Gasteiger partial charge in [0.1, 0.15) is 0 Å². The second kappa shape index (κ2) is 3.49. The molecule has 0 aromatic heterocycles. The fourth-order valence-electron chi connectivity index (χ4n) is 3.02. The van der Waals surface area contributed by atoms with Crippen LogP contribution in [0.2, 0.25) is 0 Å². The van der Waals surface area contributed by atoms with Crippen molar-refractivity contribution in [3.05, 3.63) is 0 Å². The molecule has 2 fully saturated rings. The Morgan fingerprint density at radius 3 is 2.43 bits per heavy atom. The van der Waals surface area contributed by atoms with Crippen molar-refractivity contribution in [2.45, 2.75) is 64.6 Å². The van der Waals surface area contributed by atoms with Crippen LogP contribution in [0.15, 0.2) is 0 Å². The number of hydrogen-bond donors (Lipinski definition) is 2. The van der Waals surface area contributed by atoms with Crippen molar-refractivity contribution in [1.82, 2.24) is 5.32 Å². The average molecular weight is 196 g/mol. The summed E-state index contributed by atoms with van der Waals surface area (Å²) in [6.07, 6.45) is 5.05. The van der Waals surface area contributed by atoms with E-state index in [1.165, 1.54) is 25.7 Å². The number of rotatable bonds is 3. The summed E-state index contributed by atoms with van der Waals surface area (Å²) in [6.45, 7) is 7.08. The fraction of sp³-hybridized carbons (Fsp3) is 1.00. The minimum Gasteiger partial charge on any atom is -0.328 e. The van der Waals surface area contributed by atoms with Crippen molar-refractivity contribution in [3.63, 3.8) is 0 Å². The van der Waals surface area contributed by atoms with E-state index in [2.05, 4.69) is 26.1 Å². The van der Waals surface area contributed by atoms with Crippen molar-refractivity contribution in [3.8, 4) is 0 Å². The molecule has 0 saturated heterocycles. The molecule has 14 heavy (non-hydrogen) atoms. The van der Waals surface area contributed by atoms with E-state index in [-0.39, 0.29) is 0 Å². The highest BCUT2D eigenvalue weighted by molar-refractivity contribution is 5.01. The molecule has 2 saturated carbocycles. The van der Waals surface area contributed by atoms with Gasteiger partial charge >= 0.3 is 0 Å². The molecule has 0 amide bonds. The highest BCUT2D eigenvalue weighted by Crippen LogP contribution is 2.53. The maximum absolute atomic E-state index is 5.91. The number of nitrogens with one attached hydrogen (secondary N) is 1. The molecule has 4 unspecified atom stereocenters. The van der Waals surface area contributed by atoms with Gasteiger partial charge in [0.15, 0.2) is 0 Å². The van der Waals surface area contributed by atoms with E-state index in [0.717, 1.165) is 5.92 Å². The zero-order chi connectivity index (χ0) is 10.3. The predicted molar refractivity (Wildman–Crippen MR) is 60.1 cm³/mol. The van der Waals surface area contributed by atoms with Gasteiger partial charge in [0.25, 0.3) is 0 Å². The normalized spacial score (nSPS) is 42.4. The first-order valence-corrected chi connectivity index (χ1v) is 6.00. The molecule has 4 atom stereocenters. The first-order chi connectivity index (χ1) is 6.49. The summed E-state index contributed by atoms with van der Waals surface area (Å²) in [7, 11) is 0. The number of nitrogens with two attached hydrogens (primary N) is 1. The van der Waals surface area contributed by atoms with Gasteiger partial charge in [0.05, 0.1) is 0 Å². The van der Waals surface area contributed by atoms with Crippen molar-refractivity contribution < 1.29 is 0 Å². The maximum Gasteiger partial charge on any atom is 0.00849 e. The highest BCUT2D eigenvalue weighted by atomic mass is 15.0. The Balaban J connectivity index is 1.76. The van der Waals surface area contributed by atoms with E-state index in [1.807, 2.05) is 0 Å². The first-order valence-electron chi connectivity index (χ1n) is 6.00. The van der Waals surface area contributed by atoms with Crippen LogP contribution in [-0.2, 0) is 0 Å². The summed E-state index contributed by atoms with van der Waals surface area (Å²) in [6, 6.07) is 1.82. The smallest absolute Gasteiger partial charge is 0.00849 e. The highest BCUT2D eigenvalue weighted by Gasteiger charge is 2.48. The SMILES string of the molecule is CC(NC1CCC(N)C1)C1CC1(C)C. The molecule has 0 aliphatic heterocycles. The molecule has 2 rings (SSSR count). The summed E-state index contributed by atoms with van der Waals surface area (Å²) >= 11 is 0. The molecular weight excluding hydrogens is 172 g/mol. The minimum atomic E-state index is 0.451. The summed E-state index contributed by atoms with van der Waals surface area (Å²) in [5.74, 6) is 0.888. The van der Waals surface area contributed by atoms with Crippen molar-refractivity contribution in [2.75, 3.05) is 0 Å². The Bertz CT molecular complexity index is 212. The predicted octanol–water partition coefficient (Wildman–Crippen LogP) is 1.89. The van der Waals surface area contributed by atoms with E-state index in [1.54, 1.807) is 0 Å². The van der Waals surface area contributed by atoms with Crippen LogP contribution in [0.25, 0.3) is 0 Å². The largest absolute Gasteiger partial charge is 0.328 e. The third-order valence-electron chi connectivity index (χ3n) is 4.16. The summed E-state index contributed by atoms with van der Waals surface area (Å²) in [5.41, 5.74) is 6.50. The van der Waals surface area contributed by atoms with Gasteiger partial charge in [0.2, 0.25) is 0 Å². The van der Waals surface area contributed by atoms with Gasteiger partial charge in [-0.2, -0.15) is 0 Å². The molecule has 2 nitrogen and oxygen atoms in total. The van der Waals surface area contributed by atoms with E-state index < -0.39 is 0 Å². The lowest BCUT2D eigenvalue weighted by Gasteiger charge is -2.20. The van der Waals surface area contributed by atoms with E-state index >= 15 is 0 Å². The average Bonchev–Trinajstić information content (AvgIpc) is 2.51. The topological polar surface area (TPSA) is 38.0 Å². The van der Waals surface area contributed by atoms with Crippen LogP contribution in [0, 0.1) is 11.3 Å². The Hall–Kier alpha value is -0.0800. The van der Waals surface area contributed by atoms with Crippen LogP contribution in [-0.4, -0.2) is 18.1 Å². The Labute approximate surface area is 87.6 Å². The molecule has 0 aromatic carbocycles. The van der Waals surface area contributed by atoms with Crippen LogP contribution in [0.3, 0.4) is 0 Å². The molecule has 0 bridgehead atoms. The van der Waals surface area contributed by atoms with Crippen molar-refractivity contribution in [2.24, 2.45) is 17.1 Å². The quantitative estimate of drug-likeness (QED) is 0.723. The van der Waals surface area contributed by atoms with E-state index in [9.17, 15) is 0 Å². The van der Waals surface area contributed by atoms with Crippen molar-refractivity contribution >= 4 is 0 Å². The zero-order valence-electron chi connectivity index (χ0n) is 9.72. The summed E-state index contributed by atoms with van der Waals surface area (Å²) in [4.78, 5) is 0. The third-order valence-corrected chi connectivity index (χ3v) is 4.16. The lowest BCUT2D eigenvalue weighted by atomic mass is 10.0. The molecule has 0 heterocycles. The van der Waals surface area contributed by atoms with Gasteiger partial charge in [-0.05, 0) is 43.9 Å². The minimum absolute atomic E-state index is 0.451. The van der Waals surface area contributed by atoms with Gasteiger partial charge < -0.3 is 11.1 Å². The van der Waals surface area contributed by atoms with Crippen LogP contribution in [0.1, 0.15) is 46.5 Å². The number of hydrogen-bond acceptors (Lipinski definition) is 2. The second-order valence-electron chi connectivity index (χ2n) is 6.02. The molecule has 2 heteroatoms. The maximum atomic E-state index is 5.91. The Kier molecular flexibility index (Phi) is 2.61. The summed E-state index contributed by atoms with van der Waals surface area (Å²) < 4.78 is 0. The Morgan fingerprint density at radius 1 is 1.36 bits per heavy atom. The fourth-order valence-corrected chi connectivity index (χ4v) is 3.02. The zero-order valence-corrected chi connectivity index (χ0v) is 9.72. The molecule has 82 valence electrons. The van der Waals surface area contributed by atoms with Gasteiger partial charge in [-0.1, -0.05) is 13.8 Å². The molecule has 0 radical (unpaired) electrons. The molecule has 0 aromatic rings. The molecule has 0 spiro atoms. The van der Waals surface area contributed by atoms with Crippen molar-refractivity contribution in [1.29, 1.82) is 0 Å². The van der Waals surface area contributed by atoms with Gasteiger partial charge in [0, 0.05) is 18.1 Å². The van der Waals surface area contributed by atoms with Crippen LogP contribution in [0.4, 0.5) is 0 Å². The van der Waals surface area contributed by atoms with Crippen LogP contribution >= 0.6 is 0 Å². The third kappa shape index (κ3) is 2.12. The standard InChI is InChI=1S/C12H24N2/c1-8(11-7-12(11,2)3)14-10-5-4-9(13)6-10/h8-11,14H,4-7,13H2,1-3H3. The molecular formula is C12H24N2. The molecule has 3 N–H and O–H groups in total. The van der Waals surface area contributed by atoms with Gasteiger partial charge in [-0.25, -0.2) is 0 Å². The monoisotopic (exact) mass is 196 g/mol. The van der Waals surface area contributed by atoms with Gasteiger partial charge in [-0.15, -0.1) is 0 Å². The Morgan fingerprint density at radius 2 is 2.00 bits per heavy atom. The van der Waals surface area contributed by atoms with E-state index in [0.29, 0.717) is 23.5 Å². The van der Waals surface area contributed by atoms with E-state index in [4.69, 9.17) is 5.73 Å². The van der Waals surface area contributed by atoms with Crippen LogP contribution in [0.5, 0.6) is 0 Å².